The number of ether oxygens (including phenoxy) is 1. The summed E-state index contributed by atoms with van der Waals surface area (Å²) < 4.78 is 6.82. The average molecular weight is 475 g/mol. The highest BCUT2D eigenvalue weighted by Crippen LogP contribution is 2.47. The molecule has 0 spiro atoms. The second-order valence-corrected chi connectivity index (χ2v) is 11.0. The van der Waals surface area contributed by atoms with Crippen molar-refractivity contribution in [1.29, 1.82) is 0 Å². The first-order valence-corrected chi connectivity index (χ1v) is 13.8. The predicted octanol–water partition coefficient (Wildman–Crippen LogP) is 9.12. The zero-order valence-electron chi connectivity index (χ0n) is 20.5. The Kier molecular flexibility index (Phi) is 11.9. The third-order valence-corrected chi connectivity index (χ3v) is 7.62. The second-order valence-electron chi connectivity index (χ2n) is 9.28. The SMILES string of the molecule is C=C(C)[C@@H]1CCC(C)=C[C@H]1c1c(O)cc(CCCCC)cc1OC(=S)SCCCCCC. The number of allylic oxidation sites excluding steroid dienone is 3. The van der Waals surface area contributed by atoms with Gasteiger partial charge in [0.25, 0.3) is 0 Å². The molecule has 1 aromatic rings. The van der Waals surface area contributed by atoms with Crippen LogP contribution >= 0.6 is 24.0 Å². The minimum atomic E-state index is 0.0679. The number of thiocarbonyl (C=S) groups is 1. The van der Waals surface area contributed by atoms with Crippen LogP contribution in [0.1, 0.15) is 103 Å². The van der Waals surface area contributed by atoms with Crippen LogP contribution in [0.5, 0.6) is 11.5 Å². The highest BCUT2D eigenvalue weighted by Gasteiger charge is 2.31. The molecular weight excluding hydrogens is 432 g/mol. The number of benzene rings is 1. The van der Waals surface area contributed by atoms with E-state index in [1.165, 1.54) is 37.7 Å². The Bertz CT molecular complexity index is 797. The van der Waals surface area contributed by atoms with Crippen molar-refractivity contribution < 1.29 is 9.84 Å². The van der Waals surface area contributed by atoms with Crippen molar-refractivity contribution in [1.82, 2.24) is 0 Å². The van der Waals surface area contributed by atoms with Crippen LogP contribution in [-0.2, 0) is 6.42 Å². The fourth-order valence-corrected chi connectivity index (χ4v) is 5.52. The molecule has 1 aliphatic carbocycles. The van der Waals surface area contributed by atoms with Crippen LogP contribution in [0.15, 0.2) is 35.9 Å². The van der Waals surface area contributed by atoms with Crippen molar-refractivity contribution in [2.24, 2.45) is 5.92 Å². The molecule has 0 unspecified atom stereocenters. The van der Waals surface area contributed by atoms with Crippen LogP contribution in [0.25, 0.3) is 0 Å². The maximum absolute atomic E-state index is 11.2. The molecule has 2 atom stereocenters. The zero-order valence-corrected chi connectivity index (χ0v) is 22.2. The molecule has 0 saturated heterocycles. The maximum atomic E-state index is 11.2. The standard InChI is InChI=1S/C28H42O2S2/c1-6-8-10-12-16-32-28(31)30-26-19-22(13-11-9-7-2)18-25(29)27(26)24-17-21(5)14-15-23(24)20(3)4/h17-19,23-24,29H,3,6-16H2,1-2,4-5H3/t23-,24+/m0/s1. The van der Waals surface area contributed by atoms with Gasteiger partial charge in [-0.3, -0.25) is 0 Å². The van der Waals surface area contributed by atoms with Crippen LogP contribution < -0.4 is 4.74 Å². The zero-order chi connectivity index (χ0) is 23.5. The lowest BCUT2D eigenvalue weighted by Gasteiger charge is -2.32. The normalized spacial score (nSPS) is 18.3. The lowest BCUT2D eigenvalue weighted by molar-refractivity contribution is 0.424. The molecule has 1 aliphatic rings. The van der Waals surface area contributed by atoms with E-state index in [0.717, 1.165) is 60.3 Å². The van der Waals surface area contributed by atoms with Crippen LogP contribution in [-0.4, -0.2) is 15.2 Å². The summed E-state index contributed by atoms with van der Waals surface area (Å²) in [6, 6.07) is 4.05. The van der Waals surface area contributed by atoms with E-state index in [0.29, 0.717) is 16.1 Å². The van der Waals surface area contributed by atoms with E-state index >= 15 is 0 Å². The first-order chi connectivity index (χ1) is 15.4. The number of hydrogen-bond donors (Lipinski definition) is 1. The molecule has 1 N–H and O–H groups in total. The number of hydrogen-bond acceptors (Lipinski definition) is 4. The quantitative estimate of drug-likeness (QED) is 0.186. The van der Waals surface area contributed by atoms with Gasteiger partial charge in [-0.05, 0) is 81.8 Å². The number of aromatic hydroxyl groups is 1. The minimum absolute atomic E-state index is 0.0679. The number of unbranched alkanes of at least 4 members (excludes halogenated alkanes) is 5. The molecule has 0 saturated carbocycles. The third kappa shape index (κ3) is 8.26. The fraction of sp³-hybridized carbons (Fsp3) is 0.607. The van der Waals surface area contributed by atoms with Crippen molar-refractivity contribution in [3.63, 3.8) is 0 Å². The summed E-state index contributed by atoms with van der Waals surface area (Å²) in [6.45, 7) is 13.0. The first-order valence-electron chi connectivity index (χ1n) is 12.4. The molecule has 0 aromatic heterocycles. The van der Waals surface area contributed by atoms with Gasteiger partial charge >= 0.3 is 0 Å². The number of phenols is 1. The molecule has 32 heavy (non-hydrogen) atoms. The molecule has 4 heteroatoms. The molecular formula is C28H42O2S2. The summed E-state index contributed by atoms with van der Waals surface area (Å²) in [6.07, 6.45) is 13.7. The number of rotatable bonds is 12. The van der Waals surface area contributed by atoms with Crippen molar-refractivity contribution in [3.8, 4) is 11.5 Å². The lowest BCUT2D eigenvalue weighted by Crippen LogP contribution is -2.18. The Morgan fingerprint density at radius 3 is 2.56 bits per heavy atom. The molecule has 0 radical (unpaired) electrons. The summed E-state index contributed by atoms with van der Waals surface area (Å²) in [5.74, 6) is 2.40. The van der Waals surface area contributed by atoms with Gasteiger partial charge in [-0.1, -0.05) is 81.5 Å². The summed E-state index contributed by atoms with van der Waals surface area (Å²) in [5.41, 5.74) is 4.50. The minimum Gasteiger partial charge on any atom is -0.507 e. The van der Waals surface area contributed by atoms with E-state index in [1.807, 2.05) is 6.07 Å². The number of aryl methyl sites for hydroxylation is 1. The maximum Gasteiger partial charge on any atom is 0.225 e. The van der Waals surface area contributed by atoms with Gasteiger partial charge in [0.05, 0.1) is 0 Å². The largest absolute Gasteiger partial charge is 0.507 e. The van der Waals surface area contributed by atoms with Gasteiger partial charge < -0.3 is 9.84 Å². The Morgan fingerprint density at radius 2 is 1.88 bits per heavy atom. The number of thioether (sulfide) groups is 1. The molecule has 0 bridgehead atoms. The highest BCUT2D eigenvalue weighted by molar-refractivity contribution is 8.22. The lowest BCUT2D eigenvalue weighted by atomic mass is 9.73. The van der Waals surface area contributed by atoms with Crippen molar-refractivity contribution in [2.45, 2.75) is 97.8 Å². The molecule has 0 amide bonds. The van der Waals surface area contributed by atoms with Gasteiger partial charge in [0.1, 0.15) is 11.5 Å². The molecule has 2 nitrogen and oxygen atoms in total. The van der Waals surface area contributed by atoms with Crippen molar-refractivity contribution in [2.75, 3.05) is 5.75 Å². The van der Waals surface area contributed by atoms with Gasteiger partial charge in [-0.25, -0.2) is 0 Å². The van der Waals surface area contributed by atoms with Crippen molar-refractivity contribution in [3.05, 3.63) is 47.1 Å². The molecule has 1 aromatic carbocycles. The Balaban J connectivity index is 2.31. The molecule has 0 fully saturated rings. The van der Waals surface area contributed by atoms with Gasteiger partial charge in [-0.15, -0.1) is 0 Å². The van der Waals surface area contributed by atoms with Crippen LogP contribution in [0, 0.1) is 5.92 Å². The Labute approximate surface area is 205 Å². The third-order valence-electron chi connectivity index (χ3n) is 6.37. The van der Waals surface area contributed by atoms with E-state index in [2.05, 4.69) is 46.4 Å². The summed E-state index contributed by atoms with van der Waals surface area (Å²) >= 11 is 7.21. The summed E-state index contributed by atoms with van der Waals surface area (Å²) in [4.78, 5) is 0. The second kappa shape index (κ2) is 14.1. The summed E-state index contributed by atoms with van der Waals surface area (Å²) in [5, 5.41) is 11.2. The van der Waals surface area contributed by atoms with E-state index in [4.69, 9.17) is 17.0 Å². The predicted molar refractivity (Wildman–Crippen MR) is 145 cm³/mol. The Hall–Kier alpha value is -1.26. The molecule has 0 heterocycles. The van der Waals surface area contributed by atoms with Crippen LogP contribution in [0.3, 0.4) is 0 Å². The molecule has 178 valence electrons. The topological polar surface area (TPSA) is 29.5 Å². The van der Waals surface area contributed by atoms with Crippen LogP contribution in [0.2, 0.25) is 0 Å². The van der Waals surface area contributed by atoms with Gasteiger partial charge in [0, 0.05) is 17.2 Å². The monoisotopic (exact) mass is 474 g/mol. The fourth-order valence-electron chi connectivity index (χ4n) is 4.52. The summed E-state index contributed by atoms with van der Waals surface area (Å²) in [7, 11) is 0. The van der Waals surface area contributed by atoms with E-state index in [1.54, 1.807) is 11.8 Å². The number of phenolic OH excluding ortho intramolecular Hbond substituents is 1. The van der Waals surface area contributed by atoms with Crippen molar-refractivity contribution >= 4 is 28.4 Å². The van der Waals surface area contributed by atoms with E-state index < -0.39 is 0 Å². The van der Waals surface area contributed by atoms with Gasteiger partial charge in [0.2, 0.25) is 4.38 Å². The first kappa shape index (κ1) is 27.0. The smallest absolute Gasteiger partial charge is 0.225 e. The molecule has 0 aliphatic heterocycles. The van der Waals surface area contributed by atoms with E-state index in [9.17, 15) is 5.11 Å². The van der Waals surface area contributed by atoms with Gasteiger partial charge in [-0.2, -0.15) is 0 Å². The molecule has 2 rings (SSSR count). The van der Waals surface area contributed by atoms with Crippen LogP contribution in [0.4, 0.5) is 0 Å². The van der Waals surface area contributed by atoms with Gasteiger partial charge in [0.15, 0.2) is 0 Å². The highest BCUT2D eigenvalue weighted by atomic mass is 32.2. The Morgan fingerprint density at radius 1 is 1.16 bits per heavy atom. The average Bonchev–Trinajstić information content (AvgIpc) is 2.73. The van der Waals surface area contributed by atoms with E-state index in [-0.39, 0.29) is 5.92 Å².